The second-order valence-corrected chi connectivity index (χ2v) is 8.64. The van der Waals surface area contributed by atoms with Gasteiger partial charge in [0, 0.05) is 27.6 Å². The van der Waals surface area contributed by atoms with Crippen molar-refractivity contribution >= 4 is 40.8 Å². The Morgan fingerprint density at radius 2 is 2.10 bits per heavy atom. The number of ether oxygens (including phenoxy) is 2. The van der Waals surface area contributed by atoms with Gasteiger partial charge in [0.2, 0.25) is 5.78 Å². The molecule has 3 aromatic rings. The number of ketones is 1. The monoisotopic (exact) mass is 457 g/mol. The lowest BCUT2D eigenvalue weighted by molar-refractivity contribution is 0.105. The molecular weight excluding hydrogens is 437 g/mol. The average molecular weight is 458 g/mol. The number of nitrogens with zero attached hydrogens (tertiary/aromatic N) is 3. The molecule has 0 saturated heterocycles. The van der Waals surface area contributed by atoms with Crippen molar-refractivity contribution in [2.24, 2.45) is 0 Å². The van der Waals surface area contributed by atoms with Gasteiger partial charge >= 0.3 is 0 Å². The predicted octanol–water partition coefficient (Wildman–Crippen LogP) is 5.58. The van der Waals surface area contributed by atoms with Gasteiger partial charge in [0.1, 0.15) is 24.0 Å². The molecule has 160 valence electrons. The molecule has 31 heavy (non-hydrogen) atoms. The zero-order chi connectivity index (χ0) is 22.2. The van der Waals surface area contributed by atoms with E-state index < -0.39 is 0 Å². The summed E-state index contributed by atoms with van der Waals surface area (Å²) in [5.41, 5.74) is 1.97. The Kier molecular flexibility index (Phi) is 5.77. The van der Waals surface area contributed by atoms with E-state index in [1.807, 2.05) is 26.8 Å². The normalized spacial score (nSPS) is 14.8. The summed E-state index contributed by atoms with van der Waals surface area (Å²) >= 11 is 12.3. The van der Waals surface area contributed by atoms with Crippen molar-refractivity contribution in [2.75, 3.05) is 6.61 Å². The fourth-order valence-corrected chi connectivity index (χ4v) is 4.02. The van der Waals surface area contributed by atoms with Crippen molar-refractivity contribution in [1.29, 1.82) is 0 Å². The molecule has 0 amide bonds. The third-order valence-corrected chi connectivity index (χ3v) is 5.40. The third kappa shape index (κ3) is 4.45. The molecule has 1 aromatic heterocycles. The average Bonchev–Trinajstić information content (AvgIpc) is 3.33. The van der Waals surface area contributed by atoms with E-state index in [9.17, 15) is 4.79 Å². The topological polar surface area (TPSA) is 66.2 Å². The van der Waals surface area contributed by atoms with Crippen molar-refractivity contribution < 1.29 is 14.3 Å². The highest BCUT2D eigenvalue weighted by Gasteiger charge is 2.34. The second-order valence-electron chi connectivity index (χ2n) is 7.80. The molecular formula is C23H21Cl2N3O3. The first-order valence-electron chi connectivity index (χ1n) is 9.82. The van der Waals surface area contributed by atoms with Crippen LogP contribution in [0.2, 0.25) is 10.0 Å². The number of aromatic nitrogens is 3. The summed E-state index contributed by atoms with van der Waals surface area (Å²) < 4.78 is 13.3. The number of rotatable bonds is 6. The first-order chi connectivity index (χ1) is 14.8. The lowest BCUT2D eigenvalue weighted by Gasteiger charge is -2.18. The Morgan fingerprint density at radius 1 is 1.29 bits per heavy atom. The molecule has 0 fully saturated rings. The van der Waals surface area contributed by atoms with Gasteiger partial charge in [-0.2, -0.15) is 5.10 Å². The Bertz CT molecular complexity index is 1170. The van der Waals surface area contributed by atoms with E-state index in [4.69, 9.17) is 32.7 Å². The van der Waals surface area contributed by atoms with Crippen LogP contribution in [0.25, 0.3) is 11.8 Å². The number of benzene rings is 2. The minimum Gasteiger partial charge on any atom is -0.490 e. The zero-order valence-corrected chi connectivity index (χ0v) is 18.9. The Morgan fingerprint density at radius 3 is 2.77 bits per heavy atom. The van der Waals surface area contributed by atoms with Crippen molar-refractivity contribution in [1.82, 2.24) is 14.8 Å². The second kappa shape index (κ2) is 8.36. The van der Waals surface area contributed by atoms with Gasteiger partial charge in [-0.1, -0.05) is 29.3 Å². The van der Waals surface area contributed by atoms with Gasteiger partial charge in [-0.15, -0.1) is 0 Å². The van der Waals surface area contributed by atoms with Gasteiger partial charge in [0.25, 0.3) is 0 Å². The smallest absolute Gasteiger partial charge is 0.211 e. The maximum absolute atomic E-state index is 13.6. The number of carbonyl (C=O) groups is 1. The Hall–Kier alpha value is -2.83. The third-order valence-electron chi connectivity index (χ3n) is 4.84. The molecule has 1 aliphatic rings. The first kappa shape index (κ1) is 21.4. The number of fused-ring (bicyclic) bond motifs is 1. The summed E-state index contributed by atoms with van der Waals surface area (Å²) in [6.45, 7) is 6.37. The number of hydrogen-bond acceptors (Lipinski definition) is 5. The molecule has 0 atom stereocenters. The van der Waals surface area contributed by atoms with E-state index in [0.29, 0.717) is 51.4 Å². The van der Waals surface area contributed by atoms with Gasteiger partial charge in [0.15, 0.2) is 11.5 Å². The highest BCUT2D eigenvalue weighted by molar-refractivity contribution is 6.36. The summed E-state index contributed by atoms with van der Waals surface area (Å²) in [5, 5.41) is 5.09. The molecule has 0 aliphatic carbocycles. The maximum atomic E-state index is 13.6. The fourth-order valence-electron chi connectivity index (χ4n) is 3.55. The fraction of sp³-hybridized carbons (Fsp3) is 0.261. The van der Waals surface area contributed by atoms with E-state index in [2.05, 4.69) is 10.1 Å². The molecule has 8 heteroatoms. The van der Waals surface area contributed by atoms with Crippen LogP contribution < -0.4 is 9.47 Å². The molecule has 0 radical (unpaired) electrons. The quantitative estimate of drug-likeness (QED) is 0.357. The van der Waals surface area contributed by atoms with Crippen molar-refractivity contribution in [3.8, 4) is 11.5 Å². The summed E-state index contributed by atoms with van der Waals surface area (Å²) in [7, 11) is 0. The number of Topliss-reactive ketones (excluding diaryl/α,β-unsaturated/α-hetero) is 1. The van der Waals surface area contributed by atoms with Gasteiger partial charge in [0.05, 0.1) is 6.61 Å². The van der Waals surface area contributed by atoms with Crippen molar-refractivity contribution in [3.05, 3.63) is 69.7 Å². The summed E-state index contributed by atoms with van der Waals surface area (Å²) in [4.78, 5) is 17.6. The van der Waals surface area contributed by atoms with Crippen LogP contribution in [0.1, 0.15) is 42.3 Å². The van der Waals surface area contributed by atoms with Crippen LogP contribution in [-0.4, -0.2) is 32.8 Å². The van der Waals surface area contributed by atoms with Crippen LogP contribution in [0.4, 0.5) is 0 Å². The molecule has 0 spiro atoms. The molecule has 2 aromatic carbocycles. The van der Waals surface area contributed by atoms with E-state index in [0.717, 1.165) is 5.56 Å². The van der Waals surface area contributed by atoms with Gasteiger partial charge in [-0.3, -0.25) is 4.79 Å². The van der Waals surface area contributed by atoms with Crippen LogP contribution in [0.5, 0.6) is 11.5 Å². The van der Waals surface area contributed by atoms with E-state index in [1.54, 1.807) is 30.3 Å². The van der Waals surface area contributed by atoms with Gasteiger partial charge in [-0.25, -0.2) is 9.67 Å². The number of halogens is 2. The number of hydrogen-bond donors (Lipinski definition) is 0. The van der Waals surface area contributed by atoms with Crippen molar-refractivity contribution in [3.63, 3.8) is 0 Å². The summed E-state index contributed by atoms with van der Waals surface area (Å²) in [6.07, 6.45) is 5.18. The molecule has 0 saturated carbocycles. The molecule has 0 N–H and O–H groups in total. The van der Waals surface area contributed by atoms with E-state index in [-0.39, 0.29) is 11.4 Å². The largest absolute Gasteiger partial charge is 0.490 e. The van der Waals surface area contributed by atoms with Crippen LogP contribution in [0.15, 0.2) is 43.0 Å². The van der Waals surface area contributed by atoms with Crippen LogP contribution in [0, 0.1) is 0 Å². The summed E-state index contributed by atoms with van der Waals surface area (Å²) in [5.74, 6) is 0.997. The van der Waals surface area contributed by atoms with E-state index >= 15 is 0 Å². The van der Waals surface area contributed by atoms with Gasteiger partial charge < -0.3 is 9.47 Å². The Balaban J connectivity index is 1.82. The molecule has 0 unspecified atom stereocenters. The first-order valence-corrected chi connectivity index (χ1v) is 10.6. The standard InChI is InChI=1S/C23H21Cl2N3O3/c1-4-30-20-9-15(7-16-11-23(2,3)31-22(16)20)21(29)19(28-13-26-12-27-28)8-14-5-6-17(24)10-18(14)25/h5-10,12-13H,4,11H2,1-3H3/b19-8-. The molecule has 1 aliphatic heterocycles. The predicted molar refractivity (Wildman–Crippen MR) is 121 cm³/mol. The molecule has 2 heterocycles. The number of allylic oxidation sites excluding steroid dienone is 1. The van der Waals surface area contributed by atoms with Crippen LogP contribution in [0.3, 0.4) is 0 Å². The lowest BCUT2D eigenvalue weighted by atomic mass is 9.97. The Labute approximate surface area is 190 Å². The van der Waals surface area contributed by atoms with Crippen LogP contribution in [-0.2, 0) is 6.42 Å². The SMILES string of the molecule is CCOc1cc(C(=O)/C(=C/c2ccc(Cl)cc2Cl)n2cncn2)cc2c1OC(C)(C)C2. The van der Waals surface area contributed by atoms with Crippen molar-refractivity contribution in [2.45, 2.75) is 32.8 Å². The number of carbonyl (C=O) groups excluding carboxylic acids is 1. The highest BCUT2D eigenvalue weighted by Crippen LogP contribution is 2.43. The highest BCUT2D eigenvalue weighted by atomic mass is 35.5. The molecule has 6 nitrogen and oxygen atoms in total. The molecule has 4 rings (SSSR count). The van der Waals surface area contributed by atoms with E-state index in [1.165, 1.54) is 17.3 Å². The molecule has 0 bridgehead atoms. The zero-order valence-electron chi connectivity index (χ0n) is 17.4. The maximum Gasteiger partial charge on any atom is 0.211 e. The lowest BCUT2D eigenvalue weighted by Crippen LogP contribution is -2.24. The minimum absolute atomic E-state index is 0.245. The van der Waals surface area contributed by atoms with Crippen LogP contribution >= 0.6 is 23.2 Å². The van der Waals surface area contributed by atoms with Gasteiger partial charge in [-0.05, 0) is 56.7 Å². The minimum atomic E-state index is -0.364. The summed E-state index contributed by atoms with van der Waals surface area (Å²) in [6, 6.07) is 8.65.